The van der Waals surface area contributed by atoms with Gasteiger partial charge in [0.2, 0.25) is 0 Å². The van der Waals surface area contributed by atoms with Crippen molar-refractivity contribution in [3.05, 3.63) is 83.2 Å². The van der Waals surface area contributed by atoms with E-state index in [2.05, 4.69) is 10.3 Å². The average molecular weight is 331 g/mol. The van der Waals surface area contributed by atoms with Gasteiger partial charge in [-0.2, -0.15) is 5.26 Å². The second kappa shape index (κ2) is 9.19. The Morgan fingerprint density at radius 1 is 1.24 bits per heavy atom. The van der Waals surface area contributed by atoms with Crippen molar-refractivity contribution in [1.29, 1.82) is 5.26 Å². The summed E-state index contributed by atoms with van der Waals surface area (Å²) in [5, 5.41) is 12.2. The monoisotopic (exact) mass is 331 g/mol. The molecule has 0 spiro atoms. The van der Waals surface area contributed by atoms with Crippen LogP contribution in [-0.2, 0) is 4.79 Å². The second-order valence-electron chi connectivity index (χ2n) is 5.60. The molecule has 1 heterocycles. The molecule has 1 N–H and O–H groups in total. The highest BCUT2D eigenvalue weighted by atomic mass is 16.1. The van der Waals surface area contributed by atoms with E-state index in [0.29, 0.717) is 0 Å². The number of rotatable bonds is 6. The zero-order chi connectivity index (χ0) is 18.1. The second-order valence-corrected chi connectivity index (χ2v) is 5.60. The van der Waals surface area contributed by atoms with Crippen LogP contribution in [0.25, 0.3) is 6.08 Å². The quantitative estimate of drug-likeness (QED) is 0.492. The number of amides is 1. The molecule has 4 heteroatoms. The van der Waals surface area contributed by atoms with Crippen molar-refractivity contribution in [2.45, 2.75) is 26.3 Å². The first kappa shape index (κ1) is 18.2. The smallest absolute Gasteiger partial charge is 0.262 e. The zero-order valence-electron chi connectivity index (χ0n) is 14.4. The van der Waals surface area contributed by atoms with E-state index in [4.69, 9.17) is 0 Å². The lowest BCUT2D eigenvalue weighted by Crippen LogP contribution is -2.29. The van der Waals surface area contributed by atoms with Crippen LogP contribution in [0.2, 0.25) is 0 Å². The number of nitrogens with zero attached hydrogens (tertiary/aromatic N) is 2. The average Bonchev–Trinajstić information content (AvgIpc) is 2.64. The minimum absolute atomic E-state index is 0.0679. The summed E-state index contributed by atoms with van der Waals surface area (Å²) in [6, 6.07) is 17.3. The fourth-order valence-electron chi connectivity index (χ4n) is 2.41. The molecule has 1 atom stereocenters. The maximum absolute atomic E-state index is 12.4. The molecule has 1 unspecified atom stereocenters. The number of nitrogens with one attached hydrogen (secondary N) is 1. The first-order valence-electron chi connectivity index (χ1n) is 8.22. The van der Waals surface area contributed by atoms with Gasteiger partial charge in [0.25, 0.3) is 5.91 Å². The number of aromatic nitrogens is 1. The van der Waals surface area contributed by atoms with Crippen LogP contribution in [-0.4, -0.2) is 10.9 Å². The Hall–Kier alpha value is -3.19. The molecule has 0 saturated heterocycles. The van der Waals surface area contributed by atoms with Gasteiger partial charge in [0, 0.05) is 5.69 Å². The Morgan fingerprint density at radius 2 is 2.00 bits per heavy atom. The first-order valence-corrected chi connectivity index (χ1v) is 8.22. The lowest BCUT2D eigenvalue weighted by molar-refractivity contribution is -0.117. The van der Waals surface area contributed by atoms with Crippen LogP contribution in [0.15, 0.2) is 66.3 Å². The van der Waals surface area contributed by atoms with Gasteiger partial charge >= 0.3 is 0 Å². The fraction of sp³-hybridized carbons (Fsp3) is 0.190. The third-order valence-electron chi connectivity index (χ3n) is 3.72. The largest absolute Gasteiger partial charge is 0.345 e. The van der Waals surface area contributed by atoms with Gasteiger partial charge < -0.3 is 5.32 Å². The summed E-state index contributed by atoms with van der Waals surface area (Å²) in [5.41, 5.74) is 2.79. The molecule has 25 heavy (non-hydrogen) atoms. The van der Waals surface area contributed by atoms with Gasteiger partial charge in [-0.25, -0.2) is 0 Å². The Labute approximate surface area is 148 Å². The number of carbonyl (C=O) groups excluding carboxylic acids is 1. The van der Waals surface area contributed by atoms with E-state index in [0.717, 1.165) is 23.4 Å². The summed E-state index contributed by atoms with van der Waals surface area (Å²) in [7, 11) is 0. The number of nitriles is 1. The number of hydrogen-bond acceptors (Lipinski definition) is 3. The molecule has 0 aliphatic heterocycles. The molecule has 1 amide bonds. The Morgan fingerprint density at radius 3 is 2.64 bits per heavy atom. The van der Waals surface area contributed by atoms with E-state index < -0.39 is 0 Å². The highest BCUT2D eigenvalue weighted by Crippen LogP contribution is 2.16. The molecule has 0 fully saturated rings. The molecule has 0 aliphatic carbocycles. The van der Waals surface area contributed by atoms with E-state index in [1.165, 1.54) is 6.08 Å². The van der Waals surface area contributed by atoms with Crippen molar-refractivity contribution >= 4 is 12.0 Å². The third-order valence-corrected chi connectivity index (χ3v) is 3.72. The lowest BCUT2D eigenvalue weighted by atomic mass is 10.0. The Balaban J connectivity index is 2.08. The molecule has 0 saturated carbocycles. The number of carbonyl (C=O) groups is 1. The predicted octanol–water partition coefficient (Wildman–Crippen LogP) is 4.12. The minimum atomic E-state index is -0.375. The highest BCUT2D eigenvalue weighted by Gasteiger charge is 2.15. The van der Waals surface area contributed by atoms with E-state index >= 15 is 0 Å². The van der Waals surface area contributed by atoms with Gasteiger partial charge in [-0.1, -0.05) is 49.4 Å². The molecule has 4 nitrogen and oxygen atoms in total. The van der Waals surface area contributed by atoms with Crippen LogP contribution in [0, 0.1) is 18.3 Å². The van der Waals surface area contributed by atoms with Gasteiger partial charge in [0.1, 0.15) is 11.6 Å². The van der Waals surface area contributed by atoms with Crippen molar-refractivity contribution in [3.63, 3.8) is 0 Å². The van der Waals surface area contributed by atoms with Crippen LogP contribution in [0.5, 0.6) is 0 Å². The number of allylic oxidation sites excluding steroid dienone is 2. The van der Waals surface area contributed by atoms with Crippen LogP contribution in [0.3, 0.4) is 0 Å². The van der Waals surface area contributed by atoms with Crippen LogP contribution in [0.4, 0.5) is 0 Å². The number of aryl methyl sites for hydroxylation is 1. The van der Waals surface area contributed by atoms with Crippen molar-refractivity contribution in [2.24, 2.45) is 0 Å². The van der Waals surface area contributed by atoms with Gasteiger partial charge in [-0.3, -0.25) is 9.78 Å². The molecular weight excluding hydrogens is 310 g/mol. The van der Waals surface area contributed by atoms with E-state index in [-0.39, 0.29) is 17.5 Å². The van der Waals surface area contributed by atoms with Crippen molar-refractivity contribution in [2.75, 3.05) is 0 Å². The summed E-state index contributed by atoms with van der Waals surface area (Å²) in [6.07, 6.45) is 5.70. The maximum atomic E-state index is 12.4. The summed E-state index contributed by atoms with van der Waals surface area (Å²) in [5.74, 6) is -0.375. The van der Waals surface area contributed by atoms with Gasteiger partial charge in [0.05, 0.1) is 11.7 Å². The first-order chi connectivity index (χ1) is 12.1. The number of benzene rings is 1. The SMILES string of the molecule is CCC(NC(=O)C(C#N)=CC=Cc1cccc(C)n1)c1ccccc1. The normalized spacial score (nSPS) is 12.6. The van der Waals surface area contributed by atoms with Crippen molar-refractivity contribution in [1.82, 2.24) is 10.3 Å². The molecule has 0 bridgehead atoms. The number of hydrogen-bond donors (Lipinski definition) is 1. The van der Waals surface area contributed by atoms with Crippen LogP contribution >= 0.6 is 0 Å². The molecule has 0 radical (unpaired) electrons. The van der Waals surface area contributed by atoms with Crippen molar-refractivity contribution < 1.29 is 4.79 Å². The summed E-state index contributed by atoms with van der Waals surface area (Å²) in [6.45, 7) is 3.91. The van der Waals surface area contributed by atoms with Gasteiger partial charge in [0.15, 0.2) is 0 Å². The van der Waals surface area contributed by atoms with Gasteiger partial charge in [-0.15, -0.1) is 0 Å². The van der Waals surface area contributed by atoms with E-state index in [9.17, 15) is 10.1 Å². The standard InChI is InChI=1S/C21H21N3O/c1-3-20(17-10-5-4-6-11-17)24-21(25)18(15-22)12-8-14-19-13-7-9-16(2)23-19/h4-14,20H,3H2,1-2H3,(H,24,25). The molecule has 2 aromatic rings. The maximum Gasteiger partial charge on any atom is 0.262 e. The Bertz CT molecular complexity index is 817. The Kier molecular flexibility index (Phi) is 6.67. The highest BCUT2D eigenvalue weighted by molar-refractivity contribution is 5.97. The van der Waals surface area contributed by atoms with E-state index in [1.807, 2.05) is 68.4 Å². The molecule has 126 valence electrons. The molecule has 2 rings (SSSR count). The predicted molar refractivity (Wildman–Crippen MR) is 99.3 cm³/mol. The minimum Gasteiger partial charge on any atom is -0.345 e. The fourth-order valence-corrected chi connectivity index (χ4v) is 2.41. The molecular formula is C21H21N3O. The third kappa shape index (κ3) is 5.43. The summed E-state index contributed by atoms with van der Waals surface area (Å²) < 4.78 is 0. The molecule has 0 aliphatic rings. The molecule has 1 aromatic carbocycles. The van der Waals surface area contributed by atoms with Crippen LogP contribution < -0.4 is 5.32 Å². The number of pyridine rings is 1. The topological polar surface area (TPSA) is 65.8 Å². The lowest BCUT2D eigenvalue weighted by Gasteiger charge is -2.16. The van der Waals surface area contributed by atoms with Gasteiger partial charge in [-0.05, 0) is 43.2 Å². The summed E-state index contributed by atoms with van der Waals surface area (Å²) in [4.78, 5) is 16.7. The molecule has 1 aromatic heterocycles. The van der Waals surface area contributed by atoms with Crippen molar-refractivity contribution in [3.8, 4) is 6.07 Å². The van der Waals surface area contributed by atoms with E-state index in [1.54, 1.807) is 12.2 Å². The zero-order valence-corrected chi connectivity index (χ0v) is 14.4. The summed E-state index contributed by atoms with van der Waals surface area (Å²) >= 11 is 0. The van der Waals surface area contributed by atoms with Crippen LogP contribution in [0.1, 0.15) is 36.3 Å².